The van der Waals surface area contributed by atoms with Crippen molar-refractivity contribution in [3.05, 3.63) is 166 Å². The maximum absolute atomic E-state index is 17.1. The van der Waals surface area contributed by atoms with Gasteiger partial charge in [0.2, 0.25) is 11.8 Å². The van der Waals surface area contributed by atoms with Crippen LogP contribution in [0.1, 0.15) is 96.7 Å². The molecule has 2 N–H and O–H groups in total. The van der Waals surface area contributed by atoms with Gasteiger partial charge in [-0.3, -0.25) is 19.3 Å². The summed E-state index contributed by atoms with van der Waals surface area (Å²) in [6.45, 7) is 3.32. The van der Waals surface area contributed by atoms with Gasteiger partial charge in [0, 0.05) is 24.2 Å². The molecule has 5 aliphatic rings. The summed E-state index contributed by atoms with van der Waals surface area (Å²) >= 11 is 0. The summed E-state index contributed by atoms with van der Waals surface area (Å²) in [5.74, 6) is 3.15. The summed E-state index contributed by atoms with van der Waals surface area (Å²) in [6, 6.07) is 29.2. The van der Waals surface area contributed by atoms with Crippen molar-refractivity contribution in [1.82, 2.24) is 15.1 Å². The Hall–Kier alpha value is -7.93. The quantitative estimate of drug-likeness (QED) is 0.0910. The van der Waals surface area contributed by atoms with Crippen molar-refractivity contribution in [3.8, 4) is 29.1 Å². The van der Waals surface area contributed by atoms with E-state index in [0.29, 0.717) is 34.6 Å². The summed E-state index contributed by atoms with van der Waals surface area (Å²) in [6.07, 6.45) is 5.36. The number of hydrogen-bond donors (Lipinski definition) is 2. The number of fused-ring (bicyclic) bond motifs is 4. The Labute approximate surface area is 442 Å². The van der Waals surface area contributed by atoms with E-state index in [-0.39, 0.29) is 43.3 Å². The lowest BCUT2D eigenvalue weighted by Crippen LogP contribution is -2.58. The summed E-state index contributed by atoms with van der Waals surface area (Å²) in [7, 11) is 4.33. The average molecular weight is 1030 g/mol. The topological polar surface area (TPSA) is 173 Å². The van der Waals surface area contributed by atoms with Gasteiger partial charge in [0.1, 0.15) is 36.0 Å². The number of para-hydroxylation sites is 1. The molecule has 15 nitrogen and oxygen atoms in total. The Morgan fingerprint density at radius 1 is 0.803 bits per heavy atom. The highest BCUT2D eigenvalue weighted by Gasteiger charge is 2.76. The molecule has 0 aromatic heterocycles. The molecule has 0 radical (unpaired) electrons. The van der Waals surface area contributed by atoms with Crippen LogP contribution in [0.3, 0.4) is 0 Å². The van der Waals surface area contributed by atoms with Crippen molar-refractivity contribution < 1.29 is 52.8 Å². The van der Waals surface area contributed by atoms with Crippen LogP contribution >= 0.6 is 0 Å². The van der Waals surface area contributed by atoms with Gasteiger partial charge in [-0.1, -0.05) is 111 Å². The number of amides is 4. The van der Waals surface area contributed by atoms with Crippen LogP contribution in [0.25, 0.3) is 0 Å². The fourth-order valence-electron chi connectivity index (χ4n) is 12.1. The Kier molecular flexibility index (Phi) is 14.7. The predicted octanol–water partition coefficient (Wildman–Crippen LogP) is 8.08. The van der Waals surface area contributed by atoms with Crippen LogP contribution in [-0.2, 0) is 47.0 Å². The summed E-state index contributed by atoms with van der Waals surface area (Å²) in [4.78, 5) is 83.0. The number of hydrogen-bond acceptors (Lipinski definition) is 12. The lowest BCUT2D eigenvalue weighted by atomic mass is 9.64. The fraction of sp³-hybridized carbons (Fsp3) is 0.361. The molecule has 10 rings (SSSR count). The number of ether oxygens (including phenoxy) is 5. The summed E-state index contributed by atoms with van der Waals surface area (Å²) < 4.78 is 29.7. The first kappa shape index (κ1) is 51.6. The second-order valence-electron chi connectivity index (χ2n) is 20.2. The van der Waals surface area contributed by atoms with Gasteiger partial charge in [-0.25, -0.2) is 14.5 Å². The summed E-state index contributed by atoms with van der Waals surface area (Å²) in [5, 5.41) is 13.1. The van der Waals surface area contributed by atoms with Gasteiger partial charge in [-0.2, -0.15) is 0 Å². The number of nitrogens with zero attached hydrogens (tertiary/aromatic N) is 3. The number of morpholine rings is 1. The van der Waals surface area contributed by atoms with Crippen LogP contribution in [0.5, 0.6) is 17.2 Å². The molecule has 5 aromatic rings. The predicted molar refractivity (Wildman–Crippen MR) is 282 cm³/mol. The van der Waals surface area contributed by atoms with Crippen LogP contribution in [0, 0.1) is 23.7 Å². The molecule has 4 aliphatic heterocycles. The number of rotatable bonds is 12. The Bertz CT molecular complexity index is 3150. The number of carbonyl (C=O) groups is 5. The highest BCUT2D eigenvalue weighted by Crippen LogP contribution is 2.67. The number of imide groups is 1. The minimum absolute atomic E-state index is 0.0829. The molecule has 0 saturated carbocycles. The van der Waals surface area contributed by atoms with Gasteiger partial charge >= 0.3 is 18.0 Å². The number of nitrogens with one attached hydrogen (secondary N) is 1. The van der Waals surface area contributed by atoms with Crippen molar-refractivity contribution in [2.24, 2.45) is 11.8 Å². The molecule has 1 spiro atoms. The summed E-state index contributed by atoms with van der Waals surface area (Å²) in [5.41, 5.74) is 3.29. The largest absolute Gasteiger partial charge is 0.493 e. The van der Waals surface area contributed by atoms with Gasteiger partial charge in [-0.05, 0) is 108 Å². The zero-order chi connectivity index (χ0) is 53.3. The Morgan fingerprint density at radius 2 is 1.50 bits per heavy atom. The van der Waals surface area contributed by atoms with E-state index in [0.717, 1.165) is 52.8 Å². The van der Waals surface area contributed by atoms with Crippen LogP contribution in [-0.4, -0.2) is 97.9 Å². The molecule has 7 atom stereocenters. The monoisotopic (exact) mass is 1030 g/mol. The standard InChI is InChI=1S/C61H62N4O11/c1-37(2)51(57(68)74-5)62-60(71)64-46-28-27-39(26-25-38-17-9-6-10-18-38)33-45(46)61(59(64)70)50(56(67)63-30-29-42-34-48(72-3)49(73-4)35-43(42)36-63)53-58(69)76-54(41-21-13-8-14-22-41)52(40-19-11-7-12-20-40)65(53)55(61)44-23-15-16-24-47(44)75-32-31-66/h7-8,11-17,19-24,27-28,33-35,37,50-55,66H,6,9-10,18,29-32,36H2,1-5H3,(H,62,71)/t50-,51-,52-,53-,54+,55+,61-/m0/s1. The second-order valence-corrected chi connectivity index (χ2v) is 20.2. The van der Waals surface area contributed by atoms with Crippen molar-refractivity contribution in [3.63, 3.8) is 0 Å². The number of allylic oxidation sites excluding steroid dienone is 2. The maximum Gasteiger partial charge on any atom is 0.329 e. The zero-order valence-corrected chi connectivity index (χ0v) is 43.3. The van der Waals surface area contributed by atoms with E-state index in [1.54, 1.807) is 75.4 Å². The normalized spacial score (nSPS) is 23.0. The second kappa shape index (κ2) is 21.7. The van der Waals surface area contributed by atoms with Gasteiger partial charge in [0.15, 0.2) is 11.5 Å². The molecule has 0 bridgehead atoms. The van der Waals surface area contributed by atoms with E-state index in [1.807, 2.05) is 77.7 Å². The number of urea groups is 1. The highest BCUT2D eigenvalue weighted by atomic mass is 16.6. The van der Waals surface area contributed by atoms with Gasteiger partial charge < -0.3 is 39.0 Å². The van der Waals surface area contributed by atoms with Crippen LogP contribution < -0.4 is 24.4 Å². The van der Waals surface area contributed by atoms with E-state index >= 15 is 19.2 Å². The number of benzene rings is 5. The minimum atomic E-state index is -2.15. The third-order valence-electron chi connectivity index (χ3n) is 15.6. The molecule has 5 aromatic carbocycles. The van der Waals surface area contributed by atoms with Crippen molar-refractivity contribution in [1.29, 1.82) is 0 Å². The Balaban J connectivity index is 1.29. The SMILES string of the molecule is COC(=O)[C@@H](NC(=O)N1C(=O)[C@@]2(c3cc(C#CC4=CCCCC4)ccc31)[C@H](C(=O)N1CCc3cc(OC)c(OC)cc3C1)[C@H]1C(=O)O[C@H](c3ccccc3)[C@H](c3ccccc3)N1[C@@H]2c1ccccc1OCCO)C(C)C. The molecular weight excluding hydrogens is 965 g/mol. The van der Waals surface area contributed by atoms with Gasteiger partial charge in [0.25, 0.3) is 0 Å². The number of aliphatic hydroxyl groups is 1. The number of methoxy groups -OCH3 is 3. The Morgan fingerprint density at radius 3 is 2.17 bits per heavy atom. The first-order valence-electron chi connectivity index (χ1n) is 26.0. The number of anilines is 1. The molecule has 0 unspecified atom stereocenters. The van der Waals surface area contributed by atoms with E-state index < -0.39 is 77.3 Å². The average Bonchev–Trinajstić information content (AvgIpc) is 3.91. The molecule has 2 saturated heterocycles. The molecule has 1 aliphatic carbocycles. The van der Waals surface area contributed by atoms with Crippen molar-refractivity contribution in [2.45, 2.75) is 88.2 Å². The van der Waals surface area contributed by atoms with E-state index in [9.17, 15) is 9.90 Å². The number of esters is 2. The van der Waals surface area contributed by atoms with Gasteiger partial charge in [0.05, 0.1) is 51.6 Å². The molecule has 392 valence electrons. The molecular formula is C61H62N4O11. The molecule has 4 heterocycles. The number of carbonyl (C=O) groups excluding carboxylic acids is 5. The van der Waals surface area contributed by atoms with Crippen molar-refractivity contribution in [2.75, 3.05) is 46.0 Å². The maximum atomic E-state index is 17.1. The van der Waals surface area contributed by atoms with Crippen LogP contribution in [0.4, 0.5) is 10.5 Å². The number of cyclic esters (lactones) is 1. The smallest absolute Gasteiger partial charge is 0.329 e. The van der Waals surface area contributed by atoms with E-state index in [4.69, 9.17) is 23.7 Å². The van der Waals surface area contributed by atoms with Crippen molar-refractivity contribution >= 4 is 35.5 Å². The third-order valence-corrected chi connectivity index (χ3v) is 15.6. The van der Waals surface area contributed by atoms with E-state index in [1.165, 1.54) is 7.11 Å². The lowest BCUT2D eigenvalue weighted by molar-refractivity contribution is -0.179. The van der Waals surface area contributed by atoms with Crippen LogP contribution in [0.15, 0.2) is 127 Å². The fourth-order valence-corrected chi connectivity index (χ4v) is 12.1. The molecule has 2 fully saturated rings. The zero-order valence-electron chi connectivity index (χ0n) is 43.3. The first-order valence-corrected chi connectivity index (χ1v) is 26.0. The third kappa shape index (κ3) is 9.02. The van der Waals surface area contributed by atoms with Gasteiger partial charge in [-0.15, -0.1) is 0 Å². The first-order chi connectivity index (χ1) is 36.9. The lowest BCUT2D eigenvalue weighted by Gasteiger charge is -2.46. The highest BCUT2D eigenvalue weighted by molar-refractivity contribution is 6.25. The number of aliphatic hydroxyl groups excluding tert-OH is 1. The molecule has 76 heavy (non-hydrogen) atoms. The molecule has 4 amide bonds. The van der Waals surface area contributed by atoms with Crippen LogP contribution in [0.2, 0.25) is 0 Å². The molecule has 15 heteroatoms. The minimum Gasteiger partial charge on any atom is -0.493 e. The van der Waals surface area contributed by atoms with E-state index in [2.05, 4.69) is 23.2 Å².